The average molecular weight is 250 g/mol. The van der Waals surface area contributed by atoms with Gasteiger partial charge in [0.25, 0.3) is 0 Å². The first-order chi connectivity index (χ1) is 8.29. The Morgan fingerprint density at radius 2 is 1.89 bits per heavy atom. The third-order valence-corrected chi connectivity index (χ3v) is 2.66. The number of nitrogens with zero attached hydrogens (tertiary/aromatic N) is 1. The zero-order valence-corrected chi connectivity index (χ0v) is 12.5. The molecule has 3 nitrogen and oxygen atoms in total. The van der Waals surface area contributed by atoms with Crippen molar-refractivity contribution in [3.63, 3.8) is 0 Å². The van der Waals surface area contributed by atoms with Gasteiger partial charge in [-0.3, -0.25) is 0 Å². The van der Waals surface area contributed by atoms with Crippen molar-refractivity contribution in [2.24, 2.45) is 0 Å². The molecular weight excluding hydrogens is 224 g/mol. The molecule has 1 rings (SSSR count). The van der Waals surface area contributed by atoms with Crippen LogP contribution in [0.5, 0.6) is 0 Å². The minimum Gasteiger partial charge on any atom is -0.383 e. The SMILES string of the molecule is Cc1ccc(NCCOC(C)(C)C)cc1N(C)C. The largest absolute Gasteiger partial charge is 0.383 e. The molecule has 0 aliphatic heterocycles. The molecule has 0 aromatic heterocycles. The Hall–Kier alpha value is -1.22. The molecule has 0 fully saturated rings. The second-order valence-corrected chi connectivity index (χ2v) is 5.78. The standard InChI is InChI=1S/C15H26N2O/c1-12-7-8-13(11-14(12)17(5)6)16-9-10-18-15(2,3)4/h7-8,11,16H,9-10H2,1-6H3. The first-order valence-corrected chi connectivity index (χ1v) is 6.45. The molecule has 0 amide bonds. The fourth-order valence-electron chi connectivity index (χ4n) is 1.75. The van der Waals surface area contributed by atoms with Gasteiger partial charge in [0.15, 0.2) is 0 Å². The number of hydrogen-bond donors (Lipinski definition) is 1. The van der Waals surface area contributed by atoms with Crippen molar-refractivity contribution < 1.29 is 4.74 Å². The van der Waals surface area contributed by atoms with E-state index in [-0.39, 0.29) is 5.60 Å². The van der Waals surface area contributed by atoms with Crippen molar-refractivity contribution in [2.45, 2.75) is 33.3 Å². The highest BCUT2D eigenvalue weighted by atomic mass is 16.5. The summed E-state index contributed by atoms with van der Waals surface area (Å²) >= 11 is 0. The number of benzene rings is 1. The van der Waals surface area contributed by atoms with Crippen molar-refractivity contribution in [1.29, 1.82) is 0 Å². The number of anilines is 2. The predicted octanol–water partition coefficient (Wildman–Crippen LogP) is 3.29. The second-order valence-electron chi connectivity index (χ2n) is 5.78. The quantitative estimate of drug-likeness (QED) is 0.812. The molecule has 1 aromatic rings. The van der Waals surface area contributed by atoms with E-state index in [1.54, 1.807) is 0 Å². The number of nitrogens with one attached hydrogen (secondary N) is 1. The van der Waals surface area contributed by atoms with Gasteiger partial charge in [-0.15, -0.1) is 0 Å². The molecule has 3 heteroatoms. The van der Waals surface area contributed by atoms with Crippen LogP contribution in [-0.2, 0) is 4.74 Å². The normalized spacial score (nSPS) is 11.4. The number of aryl methyl sites for hydroxylation is 1. The van der Waals surface area contributed by atoms with Gasteiger partial charge in [-0.1, -0.05) is 6.07 Å². The first kappa shape index (κ1) is 14.8. The Balaban J connectivity index is 2.51. The molecule has 0 bridgehead atoms. The van der Waals surface area contributed by atoms with Gasteiger partial charge in [0.1, 0.15) is 0 Å². The van der Waals surface area contributed by atoms with E-state index in [2.05, 4.69) is 70.2 Å². The van der Waals surface area contributed by atoms with Crippen LogP contribution < -0.4 is 10.2 Å². The summed E-state index contributed by atoms with van der Waals surface area (Å²) in [6.45, 7) is 9.89. The summed E-state index contributed by atoms with van der Waals surface area (Å²) < 4.78 is 5.68. The number of hydrogen-bond acceptors (Lipinski definition) is 3. The maximum atomic E-state index is 5.68. The predicted molar refractivity (Wildman–Crippen MR) is 79.7 cm³/mol. The molecule has 0 unspecified atom stereocenters. The Kier molecular flexibility index (Phi) is 5.03. The molecule has 0 spiro atoms. The maximum Gasteiger partial charge on any atom is 0.0646 e. The summed E-state index contributed by atoms with van der Waals surface area (Å²) in [4.78, 5) is 2.13. The smallest absolute Gasteiger partial charge is 0.0646 e. The molecule has 102 valence electrons. The molecule has 0 radical (unpaired) electrons. The summed E-state index contributed by atoms with van der Waals surface area (Å²) in [7, 11) is 4.13. The van der Waals surface area contributed by atoms with Gasteiger partial charge in [0.2, 0.25) is 0 Å². The molecule has 1 aromatic carbocycles. The van der Waals surface area contributed by atoms with Crippen LogP contribution in [0.4, 0.5) is 11.4 Å². The van der Waals surface area contributed by atoms with Gasteiger partial charge in [-0.2, -0.15) is 0 Å². The Labute approximate surface area is 111 Å². The summed E-state index contributed by atoms with van der Waals surface area (Å²) in [5.41, 5.74) is 3.61. The minimum absolute atomic E-state index is 0.0657. The fourth-order valence-corrected chi connectivity index (χ4v) is 1.75. The summed E-state index contributed by atoms with van der Waals surface area (Å²) in [6, 6.07) is 6.42. The van der Waals surface area contributed by atoms with Crippen LogP contribution in [0.15, 0.2) is 18.2 Å². The second kappa shape index (κ2) is 6.10. The van der Waals surface area contributed by atoms with E-state index in [1.807, 2.05) is 0 Å². The lowest BCUT2D eigenvalue weighted by Gasteiger charge is -2.20. The summed E-state index contributed by atoms with van der Waals surface area (Å²) in [5.74, 6) is 0. The highest BCUT2D eigenvalue weighted by Gasteiger charge is 2.09. The molecule has 1 N–H and O–H groups in total. The Bertz CT molecular complexity index is 381. The van der Waals surface area contributed by atoms with Crippen LogP contribution >= 0.6 is 0 Å². The zero-order chi connectivity index (χ0) is 13.8. The van der Waals surface area contributed by atoms with Crippen molar-refractivity contribution in [3.8, 4) is 0 Å². The Morgan fingerprint density at radius 3 is 2.44 bits per heavy atom. The first-order valence-electron chi connectivity index (χ1n) is 6.45. The fraction of sp³-hybridized carbons (Fsp3) is 0.600. The van der Waals surface area contributed by atoms with Gasteiger partial charge >= 0.3 is 0 Å². The number of rotatable bonds is 5. The van der Waals surface area contributed by atoms with E-state index in [0.29, 0.717) is 6.61 Å². The minimum atomic E-state index is -0.0657. The topological polar surface area (TPSA) is 24.5 Å². The maximum absolute atomic E-state index is 5.68. The van der Waals surface area contributed by atoms with Crippen LogP contribution in [0.25, 0.3) is 0 Å². The average Bonchev–Trinajstić information content (AvgIpc) is 2.24. The molecular formula is C15H26N2O. The van der Waals surface area contributed by atoms with E-state index in [1.165, 1.54) is 11.3 Å². The summed E-state index contributed by atoms with van der Waals surface area (Å²) in [5, 5.41) is 3.39. The molecule has 18 heavy (non-hydrogen) atoms. The van der Waals surface area contributed by atoms with Crippen LogP contribution in [0, 0.1) is 6.92 Å². The Morgan fingerprint density at radius 1 is 1.22 bits per heavy atom. The van der Waals surface area contributed by atoms with Gasteiger partial charge in [-0.05, 0) is 45.4 Å². The van der Waals surface area contributed by atoms with Gasteiger partial charge in [-0.25, -0.2) is 0 Å². The number of ether oxygens (including phenoxy) is 1. The monoisotopic (exact) mass is 250 g/mol. The summed E-state index contributed by atoms with van der Waals surface area (Å²) in [6.07, 6.45) is 0. The van der Waals surface area contributed by atoms with Crippen molar-refractivity contribution in [2.75, 3.05) is 37.5 Å². The van der Waals surface area contributed by atoms with E-state index in [9.17, 15) is 0 Å². The lowest BCUT2D eigenvalue weighted by atomic mass is 10.1. The van der Waals surface area contributed by atoms with Crippen molar-refractivity contribution >= 4 is 11.4 Å². The van der Waals surface area contributed by atoms with Crippen molar-refractivity contribution in [1.82, 2.24) is 0 Å². The molecule has 0 heterocycles. The van der Waals surface area contributed by atoms with Crippen molar-refractivity contribution in [3.05, 3.63) is 23.8 Å². The lowest BCUT2D eigenvalue weighted by molar-refractivity contribution is 0.00333. The van der Waals surface area contributed by atoms with E-state index in [0.717, 1.165) is 12.2 Å². The molecule has 0 saturated heterocycles. The highest BCUT2D eigenvalue weighted by Crippen LogP contribution is 2.22. The molecule has 0 atom stereocenters. The lowest BCUT2D eigenvalue weighted by Crippen LogP contribution is -2.23. The highest BCUT2D eigenvalue weighted by molar-refractivity contribution is 5.61. The molecule has 0 aliphatic carbocycles. The van der Waals surface area contributed by atoms with Crippen LogP contribution in [-0.4, -0.2) is 32.8 Å². The van der Waals surface area contributed by atoms with E-state index < -0.39 is 0 Å². The van der Waals surface area contributed by atoms with Crippen LogP contribution in [0.2, 0.25) is 0 Å². The third-order valence-electron chi connectivity index (χ3n) is 2.66. The van der Waals surface area contributed by atoms with E-state index >= 15 is 0 Å². The zero-order valence-electron chi connectivity index (χ0n) is 12.5. The van der Waals surface area contributed by atoms with Crippen LogP contribution in [0.3, 0.4) is 0 Å². The van der Waals surface area contributed by atoms with Gasteiger partial charge in [0, 0.05) is 32.0 Å². The van der Waals surface area contributed by atoms with Crippen LogP contribution in [0.1, 0.15) is 26.3 Å². The van der Waals surface area contributed by atoms with Gasteiger partial charge in [0.05, 0.1) is 12.2 Å². The van der Waals surface area contributed by atoms with E-state index in [4.69, 9.17) is 4.74 Å². The molecule has 0 aliphatic rings. The third kappa shape index (κ3) is 4.96. The van der Waals surface area contributed by atoms with Gasteiger partial charge < -0.3 is 15.0 Å². The molecule has 0 saturated carbocycles.